The Labute approximate surface area is 167 Å². The number of esters is 1. The largest absolute Gasteiger partial charge is 0.489 e. The fourth-order valence-electron chi connectivity index (χ4n) is 2.22. The summed E-state index contributed by atoms with van der Waals surface area (Å²) >= 11 is 11.8. The van der Waals surface area contributed by atoms with Crippen molar-refractivity contribution in [3.63, 3.8) is 0 Å². The molecule has 4 nitrogen and oxygen atoms in total. The van der Waals surface area contributed by atoms with Crippen molar-refractivity contribution in [1.82, 2.24) is 0 Å². The molecule has 3 aromatic rings. The maximum Gasteiger partial charge on any atom is 0.349 e. The monoisotopic (exact) mass is 402 g/mol. The predicted molar refractivity (Wildman–Crippen MR) is 105 cm³/mol. The molecule has 0 saturated carbocycles. The van der Waals surface area contributed by atoms with E-state index >= 15 is 0 Å². The van der Waals surface area contributed by atoms with Crippen LogP contribution >= 0.6 is 23.2 Å². The van der Waals surface area contributed by atoms with Crippen LogP contribution < -0.4 is 14.2 Å². The first-order valence-corrected chi connectivity index (χ1v) is 8.91. The van der Waals surface area contributed by atoms with Crippen molar-refractivity contribution in [3.05, 3.63) is 88.4 Å². The number of halogens is 2. The molecule has 27 heavy (non-hydrogen) atoms. The molecular weight excluding hydrogens is 387 g/mol. The first-order chi connectivity index (χ1) is 13.1. The SMILES string of the molecule is O=C(COc1ccc(OCc2ccccc2)cc1)Oc1cc(Cl)ccc1Cl. The topological polar surface area (TPSA) is 44.8 Å². The lowest BCUT2D eigenvalue weighted by Crippen LogP contribution is -2.17. The average Bonchev–Trinajstić information content (AvgIpc) is 2.69. The van der Waals surface area contributed by atoms with Crippen LogP contribution in [0.25, 0.3) is 0 Å². The number of benzene rings is 3. The predicted octanol–water partition coefficient (Wildman–Crippen LogP) is 5.56. The number of hydrogen-bond donors (Lipinski definition) is 0. The van der Waals surface area contributed by atoms with Gasteiger partial charge in [-0.1, -0.05) is 53.5 Å². The molecule has 0 radical (unpaired) electrons. The molecule has 0 spiro atoms. The molecule has 3 aromatic carbocycles. The molecule has 0 aliphatic carbocycles. The minimum absolute atomic E-state index is 0.197. The first kappa shape index (κ1) is 19.1. The molecule has 0 N–H and O–H groups in total. The molecule has 0 aromatic heterocycles. The first-order valence-electron chi connectivity index (χ1n) is 8.15. The van der Waals surface area contributed by atoms with Gasteiger partial charge in [0.05, 0.1) is 5.02 Å². The van der Waals surface area contributed by atoms with Crippen LogP contribution in [0.5, 0.6) is 17.2 Å². The Balaban J connectivity index is 1.48. The fraction of sp³-hybridized carbons (Fsp3) is 0.0952. The summed E-state index contributed by atoms with van der Waals surface area (Å²) < 4.78 is 16.3. The molecule has 0 atom stereocenters. The highest BCUT2D eigenvalue weighted by Gasteiger charge is 2.10. The Bertz CT molecular complexity index is 896. The molecule has 0 saturated heterocycles. The van der Waals surface area contributed by atoms with E-state index in [1.165, 1.54) is 6.07 Å². The third-order valence-electron chi connectivity index (χ3n) is 3.55. The third-order valence-corrected chi connectivity index (χ3v) is 4.09. The normalized spacial score (nSPS) is 10.3. The highest BCUT2D eigenvalue weighted by Crippen LogP contribution is 2.28. The van der Waals surface area contributed by atoms with Gasteiger partial charge >= 0.3 is 5.97 Å². The molecule has 0 bridgehead atoms. The van der Waals surface area contributed by atoms with Gasteiger partial charge in [-0.15, -0.1) is 0 Å². The summed E-state index contributed by atoms with van der Waals surface area (Å²) in [6.45, 7) is 0.223. The lowest BCUT2D eigenvalue weighted by molar-refractivity contribution is -0.136. The van der Waals surface area contributed by atoms with Crippen molar-refractivity contribution in [1.29, 1.82) is 0 Å². The summed E-state index contributed by atoms with van der Waals surface area (Å²) in [5.74, 6) is 0.849. The molecule has 0 unspecified atom stereocenters. The molecule has 6 heteroatoms. The Morgan fingerprint density at radius 1 is 0.815 bits per heavy atom. The van der Waals surface area contributed by atoms with Gasteiger partial charge in [-0.05, 0) is 42.0 Å². The van der Waals surface area contributed by atoms with E-state index in [1.807, 2.05) is 30.3 Å². The van der Waals surface area contributed by atoms with Gasteiger partial charge in [0.2, 0.25) is 0 Å². The number of ether oxygens (including phenoxy) is 3. The summed E-state index contributed by atoms with van der Waals surface area (Å²) in [6, 6.07) is 21.5. The zero-order chi connectivity index (χ0) is 19.1. The second-order valence-electron chi connectivity index (χ2n) is 5.58. The van der Waals surface area contributed by atoms with E-state index < -0.39 is 5.97 Å². The summed E-state index contributed by atoms with van der Waals surface area (Å²) in [4.78, 5) is 11.9. The molecule has 3 rings (SSSR count). The van der Waals surface area contributed by atoms with Crippen molar-refractivity contribution in [3.8, 4) is 17.2 Å². The minimum atomic E-state index is -0.580. The number of carbonyl (C=O) groups excluding carboxylic acids is 1. The standard InChI is InChI=1S/C21H16Cl2O4/c22-16-6-11-19(23)20(12-16)27-21(24)14-26-18-9-7-17(8-10-18)25-13-15-4-2-1-3-5-15/h1-12H,13-14H2. The zero-order valence-corrected chi connectivity index (χ0v) is 15.7. The maximum absolute atomic E-state index is 11.9. The van der Waals surface area contributed by atoms with E-state index in [4.69, 9.17) is 37.4 Å². The van der Waals surface area contributed by atoms with Gasteiger partial charge in [-0.25, -0.2) is 4.79 Å². The van der Waals surface area contributed by atoms with Gasteiger partial charge in [0.1, 0.15) is 18.1 Å². The third kappa shape index (κ3) is 5.91. The summed E-state index contributed by atoms with van der Waals surface area (Å²) in [6.07, 6.45) is 0. The minimum Gasteiger partial charge on any atom is -0.489 e. The van der Waals surface area contributed by atoms with Gasteiger partial charge < -0.3 is 14.2 Å². The highest BCUT2D eigenvalue weighted by atomic mass is 35.5. The number of rotatable bonds is 7. The fourth-order valence-corrected chi connectivity index (χ4v) is 2.54. The lowest BCUT2D eigenvalue weighted by Gasteiger charge is -2.09. The van der Waals surface area contributed by atoms with Crippen LogP contribution in [0.1, 0.15) is 5.56 Å². The van der Waals surface area contributed by atoms with Crippen LogP contribution in [-0.4, -0.2) is 12.6 Å². The van der Waals surface area contributed by atoms with Crippen molar-refractivity contribution in [2.45, 2.75) is 6.61 Å². The van der Waals surface area contributed by atoms with Crippen LogP contribution in [0.3, 0.4) is 0 Å². The quantitative estimate of drug-likeness (QED) is 0.383. The second-order valence-corrected chi connectivity index (χ2v) is 6.43. The molecular formula is C21H16Cl2O4. The molecule has 138 valence electrons. The van der Waals surface area contributed by atoms with Crippen molar-refractivity contribution >= 4 is 29.2 Å². The van der Waals surface area contributed by atoms with E-state index in [2.05, 4.69) is 0 Å². The van der Waals surface area contributed by atoms with Crippen LogP contribution in [0.15, 0.2) is 72.8 Å². The zero-order valence-electron chi connectivity index (χ0n) is 14.2. The Morgan fingerprint density at radius 3 is 2.19 bits per heavy atom. The Kier molecular flexibility index (Phi) is 6.58. The molecule has 0 heterocycles. The van der Waals surface area contributed by atoms with Crippen molar-refractivity contribution in [2.75, 3.05) is 6.61 Å². The van der Waals surface area contributed by atoms with Crippen LogP contribution in [0.4, 0.5) is 0 Å². The van der Waals surface area contributed by atoms with Crippen LogP contribution in [0, 0.1) is 0 Å². The summed E-state index contributed by atoms with van der Waals surface area (Å²) in [7, 11) is 0. The average molecular weight is 403 g/mol. The van der Waals surface area contributed by atoms with E-state index in [-0.39, 0.29) is 12.4 Å². The van der Waals surface area contributed by atoms with Gasteiger partial charge in [0.25, 0.3) is 0 Å². The van der Waals surface area contributed by atoms with E-state index in [0.29, 0.717) is 28.2 Å². The molecule has 0 aliphatic rings. The maximum atomic E-state index is 11.9. The molecule has 0 aliphatic heterocycles. The van der Waals surface area contributed by atoms with Crippen molar-refractivity contribution in [2.24, 2.45) is 0 Å². The van der Waals surface area contributed by atoms with E-state index in [9.17, 15) is 4.79 Å². The lowest BCUT2D eigenvalue weighted by atomic mass is 10.2. The van der Waals surface area contributed by atoms with Gasteiger partial charge in [0, 0.05) is 11.1 Å². The van der Waals surface area contributed by atoms with Crippen LogP contribution in [-0.2, 0) is 11.4 Å². The van der Waals surface area contributed by atoms with Crippen LogP contribution in [0.2, 0.25) is 10.0 Å². The molecule has 0 amide bonds. The second kappa shape index (κ2) is 9.31. The summed E-state index contributed by atoms with van der Waals surface area (Å²) in [5.41, 5.74) is 1.08. The molecule has 0 fully saturated rings. The van der Waals surface area contributed by atoms with Gasteiger partial charge in [-0.2, -0.15) is 0 Å². The Hall–Kier alpha value is -2.69. The number of carbonyl (C=O) groups is 1. The van der Waals surface area contributed by atoms with E-state index in [0.717, 1.165) is 5.56 Å². The number of hydrogen-bond acceptors (Lipinski definition) is 4. The highest BCUT2D eigenvalue weighted by molar-refractivity contribution is 6.34. The Morgan fingerprint density at radius 2 is 1.48 bits per heavy atom. The van der Waals surface area contributed by atoms with Crippen molar-refractivity contribution < 1.29 is 19.0 Å². The van der Waals surface area contributed by atoms with Gasteiger partial charge in [-0.3, -0.25) is 0 Å². The van der Waals surface area contributed by atoms with Gasteiger partial charge in [0.15, 0.2) is 12.4 Å². The van der Waals surface area contributed by atoms with E-state index in [1.54, 1.807) is 36.4 Å². The summed E-state index contributed by atoms with van der Waals surface area (Å²) in [5, 5.41) is 0.724. The smallest absolute Gasteiger partial charge is 0.349 e.